The maximum absolute atomic E-state index is 7.50. The van der Waals surface area contributed by atoms with E-state index in [0.29, 0.717) is 0 Å². The van der Waals surface area contributed by atoms with Gasteiger partial charge in [0.25, 0.3) is 0 Å². The molecule has 7 nitrogen and oxygen atoms in total. The van der Waals surface area contributed by atoms with E-state index in [0.717, 1.165) is 0 Å². The molecule has 0 saturated heterocycles. The van der Waals surface area contributed by atoms with Crippen LogP contribution in [0.2, 0.25) is 0 Å². The molecule has 0 aromatic carbocycles. The van der Waals surface area contributed by atoms with Gasteiger partial charge < -0.3 is 4.52 Å². The van der Waals surface area contributed by atoms with Gasteiger partial charge in [0.1, 0.15) is 6.26 Å². The Labute approximate surface area is 103 Å². The first-order valence-electron chi connectivity index (χ1n) is 2.36. The van der Waals surface area contributed by atoms with Crippen molar-refractivity contribution in [2.24, 2.45) is 0 Å². The zero-order valence-corrected chi connectivity index (χ0v) is 8.81. The van der Waals surface area contributed by atoms with E-state index in [4.69, 9.17) is 23.3 Å². The first-order chi connectivity index (χ1) is 7.50. The summed E-state index contributed by atoms with van der Waals surface area (Å²) in [6, 6.07) is 1.72. The molecular weight excluding hydrogens is 258 g/mol. The van der Waals surface area contributed by atoms with E-state index in [1.54, 1.807) is 12.3 Å². The Morgan fingerprint density at radius 3 is 1.12 bits per heavy atom. The van der Waals surface area contributed by atoms with Gasteiger partial charge in [-0.05, 0) is 6.07 Å². The monoisotopic (exact) mass is 261 g/mol. The Morgan fingerprint density at radius 1 is 0.750 bits per heavy atom. The molecule has 16 heavy (non-hydrogen) atoms. The smallest absolute Gasteiger partial charge is 0.123 e. The fraction of sp³-hybridized carbons (Fsp3) is 0. The van der Waals surface area contributed by atoms with Crippen LogP contribution in [0.15, 0.2) is 23.0 Å². The van der Waals surface area contributed by atoms with Crippen LogP contribution in [0, 0.1) is 33.3 Å². The number of nitrogens with zero attached hydrogens (tertiary/aromatic N) is 1. The third-order valence-corrected chi connectivity index (χ3v) is 0.347. The van der Waals surface area contributed by atoms with E-state index in [-0.39, 0.29) is 17.4 Å². The van der Waals surface area contributed by atoms with Crippen molar-refractivity contribution in [3.8, 4) is 0 Å². The molecule has 8 heteroatoms. The van der Waals surface area contributed by atoms with Crippen LogP contribution in [0.5, 0.6) is 0 Å². The van der Waals surface area contributed by atoms with Crippen molar-refractivity contribution >= 4 is 0 Å². The molecular formula is C8H3CrNO6. The van der Waals surface area contributed by atoms with Crippen molar-refractivity contribution in [2.45, 2.75) is 0 Å². The van der Waals surface area contributed by atoms with Crippen molar-refractivity contribution in [1.29, 1.82) is 0 Å². The molecule has 1 aromatic heterocycles. The first kappa shape index (κ1) is 36.6. The molecule has 0 atom stereocenters. The van der Waals surface area contributed by atoms with Crippen molar-refractivity contribution in [3.05, 3.63) is 51.8 Å². The maximum Gasteiger partial charge on any atom is 0.123 e. The van der Waals surface area contributed by atoms with E-state index >= 15 is 0 Å². The standard InChI is InChI=1S/C3H3NO.5CO.Cr/c1-2-4-5-3-1;5*1-2;/h1-3H;;;;;;. The number of aromatic nitrogens is 1. The van der Waals surface area contributed by atoms with Gasteiger partial charge in [0.2, 0.25) is 0 Å². The quantitative estimate of drug-likeness (QED) is 0.497. The second-order valence-corrected chi connectivity index (χ2v) is 0.688. The molecule has 0 aliphatic heterocycles. The molecule has 0 aliphatic carbocycles. The van der Waals surface area contributed by atoms with E-state index in [2.05, 4.69) is 42.9 Å². The second kappa shape index (κ2) is 176. The molecule has 0 bridgehead atoms. The average Bonchev–Trinajstić information content (AvgIpc) is 3.00. The SMILES string of the molecule is [C-]#[O+].[C-]#[O+].[C-]#[O+].[C-]#[O+].[C-]#[O+].[Cr].c1cnoc1. The predicted molar refractivity (Wildman–Crippen MR) is 36.2 cm³/mol. The molecule has 1 aromatic rings. The Balaban J connectivity index is -0.0000000203. The minimum atomic E-state index is 0. The summed E-state index contributed by atoms with van der Waals surface area (Å²) >= 11 is 0. The molecule has 0 fully saturated rings. The third-order valence-electron chi connectivity index (χ3n) is 0.347. The Bertz CT molecular complexity index is 196. The van der Waals surface area contributed by atoms with Gasteiger partial charge in [-0.3, -0.25) is 0 Å². The molecule has 0 aliphatic rings. The van der Waals surface area contributed by atoms with Gasteiger partial charge in [0, 0.05) is 17.4 Å². The molecule has 0 amide bonds. The van der Waals surface area contributed by atoms with E-state index in [1.165, 1.54) is 6.26 Å². The van der Waals surface area contributed by atoms with Crippen molar-refractivity contribution in [3.63, 3.8) is 0 Å². The van der Waals surface area contributed by atoms with Crippen LogP contribution in [-0.4, -0.2) is 5.16 Å². The van der Waals surface area contributed by atoms with Crippen molar-refractivity contribution in [1.82, 2.24) is 5.16 Å². The molecule has 0 unspecified atom stereocenters. The van der Waals surface area contributed by atoms with Gasteiger partial charge >= 0.3 is 56.5 Å². The molecule has 1 rings (SSSR count). The van der Waals surface area contributed by atoms with Gasteiger partial charge in [-0.1, -0.05) is 5.16 Å². The first-order valence-corrected chi connectivity index (χ1v) is 2.36. The maximum atomic E-state index is 7.50. The van der Waals surface area contributed by atoms with Gasteiger partial charge in [-0.25, -0.2) is 0 Å². The van der Waals surface area contributed by atoms with Gasteiger partial charge in [0.15, 0.2) is 0 Å². The summed E-state index contributed by atoms with van der Waals surface area (Å²) in [4.78, 5) is 0. The number of hydrogen-bond donors (Lipinski definition) is 0. The van der Waals surface area contributed by atoms with E-state index in [1.807, 2.05) is 0 Å². The van der Waals surface area contributed by atoms with Gasteiger partial charge in [0.05, 0.1) is 6.20 Å². The molecule has 0 saturated carbocycles. The van der Waals surface area contributed by atoms with E-state index < -0.39 is 0 Å². The molecule has 0 spiro atoms. The fourth-order valence-corrected chi connectivity index (χ4v) is 0.176. The summed E-state index contributed by atoms with van der Waals surface area (Å²) in [7, 11) is 0. The summed E-state index contributed by atoms with van der Waals surface area (Å²) in [6.07, 6.45) is 3.10. The molecule has 0 N–H and O–H groups in total. The van der Waals surface area contributed by atoms with Crippen molar-refractivity contribution in [2.75, 3.05) is 0 Å². The van der Waals surface area contributed by atoms with Crippen LogP contribution >= 0.6 is 0 Å². The van der Waals surface area contributed by atoms with Gasteiger partial charge in [-0.15, -0.1) is 0 Å². The molecule has 1 heterocycles. The van der Waals surface area contributed by atoms with Crippen LogP contribution in [-0.2, 0) is 40.6 Å². The summed E-state index contributed by atoms with van der Waals surface area (Å²) in [6.45, 7) is 22.5. The average molecular weight is 261 g/mol. The normalized spacial score (nSPS) is 3.12. The minimum Gasteiger partial charge on any atom is -0.365 e. The number of hydrogen-bond acceptors (Lipinski definition) is 2. The summed E-state index contributed by atoms with van der Waals surface area (Å²) < 4.78 is 41.8. The summed E-state index contributed by atoms with van der Waals surface area (Å²) in [5.41, 5.74) is 0. The van der Waals surface area contributed by atoms with Crippen LogP contribution in [0.4, 0.5) is 0 Å². The van der Waals surface area contributed by atoms with Crippen LogP contribution in [0.3, 0.4) is 0 Å². The Hall–Kier alpha value is -1.56. The largest absolute Gasteiger partial charge is 0.365 e. The van der Waals surface area contributed by atoms with Gasteiger partial charge in [-0.2, -0.15) is 0 Å². The third kappa shape index (κ3) is 137. The van der Waals surface area contributed by atoms with Crippen LogP contribution in [0.1, 0.15) is 0 Å². The fourth-order valence-electron chi connectivity index (χ4n) is 0.176. The van der Waals surface area contributed by atoms with E-state index in [9.17, 15) is 0 Å². The zero-order chi connectivity index (χ0) is 13.5. The van der Waals surface area contributed by atoms with Crippen LogP contribution < -0.4 is 0 Å². The summed E-state index contributed by atoms with van der Waals surface area (Å²) in [5.74, 6) is 0. The molecule has 0 radical (unpaired) electrons. The Kier molecular flexibility index (Phi) is 402. The van der Waals surface area contributed by atoms with Crippen molar-refractivity contribution < 1.29 is 45.1 Å². The Morgan fingerprint density at radius 2 is 1.06 bits per heavy atom. The topological polar surface area (TPSA) is 126 Å². The number of rotatable bonds is 0. The predicted octanol–water partition coefficient (Wildman–Crippen LogP) is 0.485. The van der Waals surface area contributed by atoms with Crippen LogP contribution in [0.25, 0.3) is 0 Å². The zero-order valence-electron chi connectivity index (χ0n) is 7.54. The second-order valence-electron chi connectivity index (χ2n) is 0.688. The summed E-state index contributed by atoms with van der Waals surface area (Å²) in [5, 5.41) is 3.35. The minimum absolute atomic E-state index is 0. The molecule has 82 valence electrons.